The number of ether oxygens (including phenoxy) is 1. The third kappa shape index (κ3) is 8.06. The number of benzene rings is 2. The molecule has 0 aliphatic heterocycles. The fourth-order valence-corrected chi connectivity index (χ4v) is 6.79. The van der Waals surface area contributed by atoms with Crippen LogP contribution in [0.3, 0.4) is 0 Å². The van der Waals surface area contributed by atoms with Gasteiger partial charge in [-0.3, -0.25) is 9.40 Å². The number of carboxylic acid groups (broad SMARTS) is 1. The molecule has 0 bridgehead atoms. The van der Waals surface area contributed by atoms with Crippen LogP contribution in [0.15, 0.2) is 42.6 Å². The van der Waals surface area contributed by atoms with Gasteiger partial charge in [-0.25, -0.2) is 31.7 Å². The number of halogens is 3. The molecule has 5 aromatic rings. The Hall–Kier alpha value is -4.12. The fraction of sp³-hybridized carbons (Fsp3) is 0.333. The third-order valence-corrected chi connectivity index (χ3v) is 9.93. The number of nitrogens with zero attached hydrogens (tertiary/aromatic N) is 5. The van der Waals surface area contributed by atoms with E-state index in [0.717, 1.165) is 30.5 Å². The molecule has 1 amide bonds. The summed E-state index contributed by atoms with van der Waals surface area (Å²) in [5.41, 5.74) is 2.16. The Balaban J connectivity index is 1.72. The van der Waals surface area contributed by atoms with Crippen molar-refractivity contribution in [2.75, 3.05) is 17.6 Å². The summed E-state index contributed by atoms with van der Waals surface area (Å²) >= 11 is 6.57. The third-order valence-electron chi connectivity index (χ3n) is 7.35. The summed E-state index contributed by atoms with van der Waals surface area (Å²) in [6.07, 6.45) is 1.05. The van der Waals surface area contributed by atoms with Crippen LogP contribution in [0.1, 0.15) is 17.3 Å². The second-order valence-corrected chi connectivity index (χ2v) is 20.3. The van der Waals surface area contributed by atoms with Gasteiger partial charge in [-0.05, 0) is 42.3 Å². The highest BCUT2D eigenvalue weighted by atomic mass is 35.5. The molecule has 47 heavy (non-hydrogen) atoms. The van der Waals surface area contributed by atoms with Gasteiger partial charge in [-0.1, -0.05) is 37.3 Å². The summed E-state index contributed by atoms with van der Waals surface area (Å²) < 4.78 is 64.0. The van der Waals surface area contributed by atoms with E-state index in [4.69, 9.17) is 21.3 Å². The molecule has 1 unspecified atom stereocenters. The van der Waals surface area contributed by atoms with Gasteiger partial charge >= 0.3 is 6.09 Å². The van der Waals surface area contributed by atoms with Gasteiger partial charge in [0.15, 0.2) is 11.5 Å². The van der Waals surface area contributed by atoms with Gasteiger partial charge in [-0.15, -0.1) is 0 Å². The molecule has 3 N–H and O–H groups in total. The maximum Gasteiger partial charge on any atom is 0.405 e. The Morgan fingerprint density at radius 3 is 2.47 bits per heavy atom. The molecule has 250 valence electrons. The number of sulfonamides is 1. The lowest BCUT2D eigenvalue weighted by molar-refractivity contribution is 0.0812. The van der Waals surface area contributed by atoms with Gasteiger partial charge in [-0.2, -0.15) is 10.2 Å². The Morgan fingerprint density at radius 1 is 1.13 bits per heavy atom. The molecule has 17 heteroatoms. The Labute approximate surface area is 275 Å². The number of anilines is 1. The number of nitrogens with one attached hydrogen (secondary N) is 2. The average Bonchev–Trinajstić information content (AvgIpc) is 3.48. The summed E-state index contributed by atoms with van der Waals surface area (Å²) in [6.45, 7) is 7.35. The largest absolute Gasteiger partial charge is 0.465 e. The zero-order valence-electron chi connectivity index (χ0n) is 26.3. The number of hydrogen-bond donors (Lipinski definition) is 3. The minimum atomic E-state index is -3.72. The van der Waals surface area contributed by atoms with Crippen molar-refractivity contribution in [3.63, 3.8) is 0 Å². The molecule has 3 aromatic heterocycles. The number of hydrogen-bond acceptors (Lipinski definition) is 7. The van der Waals surface area contributed by atoms with Crippen molar-refractivity contribution in [2.24, 2.45) is 7.05 Å². The van der Waals surface area contributed by atoms with Crippen molar-refractivity contribution in [2.45, 2.75) is 44.9 Å². The summed E-state index contributed by atoms with van der Waals surface area (Å²) in [6, 6.07) is 7.85. The zero-order chi connectivity index (χ0) is 34.3. The first-order chi connectivity index (χ1) is 22.0. The van der Waals surface area contributed by atoms with Gasteiger partial charge in [0.05, 0.1) is 40.1 Å². The number of pyridine rings is 1. The van der Waals surface area contributed by atoms with E-state index in [9.17, 15) is 27.1 Å². The van der Waals surface area contributed by atoms with Crippen LogP contribution in [-0.2, 0) is 35.0 Å². The number of rotatable bonds is 12. The second kappa shape index (κ2) is 13.2. The quantitative estimate of drug-likeness (QED) is 0.103. The van der Waals surface area contributed by atoms with Crippen LogP contribution in [-0.4, -0.2) is 65.1 Å². The molecule has 3 heterocycles. The first kappa shape index (κ1) is 34.2. The smallest absolute Gasteiger partial charge is 0.405 e. The van der Waals surface area contributed by atoms with Gasteiger partial charge < -0.3 is 15.2 Å². The van der Waals surface area contributed by atoms with Crippen LogP contribution >= 0.6 is 11.6 Å². The molecule has 0 fully saturated rings. The maximum atomic E-state index is 14.2. The number of aromatic nitrogens is 5. The van der Waals surface area contributed by atoms with E-state index in [1.165, 1.54) is 4.68 Å². The normalized spacial score (nSPS) is 12.9. The topological polar surface area (TPSA) is 153 Å². The van der Waals surface area contributed by atoms with Crippen molar-refractivity contribution < 1.29 is 31.8 Å². The van der Waals surface area contributed by atoms with E-state index in [0.29, 0.717) is 39.7 Å². The number of amides is 1. The van der Waals surface area contributed by atoms with Crippen LogP contribution in [0, 0.1) is 11.6 Å². The minimum absolute atomic E-state index is 0.00571. The van der Waals surface area contributed by atoms with E-state index in [2.05, 4.69) is 39.9 Å². The minimum Gasteiger partial charge on any atom is -0.465 e. The fourth-order valence-electron chi connectivity index (χ4n) is 5.30. The Kier molecular flexibility index (Phi) is 9.59. The van der Waals surface area contributed by atoms with Crippen molar-refractivity contribution in [3.8, 4) is 11.1 Å². The highest BCUT2D eigenvalue weighted by Crippen LogP contribution is 2.40. The van der Waals surface area contributed by atoms with Crippen molar-refractivity contribution in [1.82, 2.24) is 29.9 Å². The van der Waals surface area contributed by atoms with Crippen LogP contribution in [0.25, 0.3) is 33.1 Å². The van der Waals surface area contributed by atoms with Crippen molar-refractivity contribution in [3.05, 3.63) is 70.5 Å². The number of fused-ring (bicyclic) bond motifs is 2. The number of aryl methyl sites for hydroxylation is 1. The molecule has 0 aliphatic carbocycles. The predicted molar refractivity (Wildman–Crippen MR) is 179 cm³/mol. The van der Waals surface area contributed by atoms with Crippen LogP contribution in [0.5, 0.6) is 0 Å². The van der Waals surface area contributed by atoms with Crippen LogP contribution in [0.4, 0.5) is 19.4 Å². The Morgan fingerprint density at radius 2 is 1.83 bits per heavy atom. The SMILES string of the molecule is Cn1nc(NS(C)(=O)=O)c2c(Cl)ccc(-c3cc4cnn(COCC[Si](C)(C)C)c4nc3C(Cc3cc(F)cc(F)c3)NC(=O)O)c21. The first-order valence-electron chi connectivity index (χ1n) is 14.5. The first-order valence-corrected chi connectivity index (χ1v) is 20.5. The van der Waals surface area contributed by atoms with Crippen molar-refractivity contribution in [1.29, 1.82) is 0 Å². The molecule has 2 aromatic carbocycles. The van der Waals surface area contributed by atoms with Crippen LogP contribution in [0.2, 0.25) is 30.7 Å². The van der Waals surface area contributed by atoms with E-state index >= 15 is 0 Å². The molecule has 1 atom stereocenters. The molecule has 5 rings (SSSR count). The lowest BCUT2D eigenvalue weighted by Crippen LogP contribution is -2.29. The van der Waals surface area contributed by atoms with E-state index in [1.807, 2.05) is 0 Å². The molecule has 12 nitrogen and oxygen atoms in total. The maximum absolute atomic E-state index is 14.2. The summed E-state index contributed by atoms with van der Waals surface area (Å²) in [5.74, 6) is -1.62. The molecular weight excluding hydrogens is 672 g/mol. The monoisotopic (exact) mass is 705 g/mol. The molecular formula is C30H34ClF2N7O5SSi. The number of carbonyl (C=O) groups is 1. The highest BCUT2D eigenvalue weighted by Gasteiger charge is 2.27. The summed E-state index contributed by atoms with van der Waals surface area (Å²) in [4.78, 5) is 17.0. The lowest BCUT2D eigenvalue weighted by atomic mass is 9.93. The molecule has 0 saturated heterocycles. The predicted octanol–water partition coefficient (Wildman–Crippen LogP) is 6.15. The summed E-state index contributed by atoms with van der Waals surface area (Å²) in [7, 11) is -3.46. The van der Waals surface area contributed by atoms with E-state index < -0.39 is 41.9 Å². The standard InChI is InChI=1S/C30H34ClF2N7O5SSi/c1-39-27-21(6-7-23(31)25(27)28(37-39)38-46(2,43)44)22-13-18-15-34-40(16-45-8-9-47(3,4)5)29(18)36-26(22)24(35-30(41)42)12-17-10-19(32)14-20(33)11-17/h6-7,10-11,13-15,24,35H,8-9,12,16H2,1-5H3,(H,37,38)(H,41,42). The summed E-state index contributed by atoms with van der Waals surface area (Å²) in [5, 5.41) is 22.3. The van der Waals surface area contributed by atoms with Crippen LogP contribution < -0.4 is 10.0 Å². The molecule has 0 radical (unpaired) electrons. The van der Waals surface area contributed by atoms with E-state index in [1.54, 1.807) is 36.1 Å². The lowest BCUT2D eigenvalue weighted by Gasteiger charge is -2.21. The molecule has 0 saturated carbocycles. The highest BCUT2D eigenvalue weighted by molar-refractivity contribution is 7.92. The molecule has 0 aliphatic rings. The second-order valence-electron chi connectivity index (χ2n) is 12.5. The van der Waals surface area contributed by atoms with Gasteiger partial charge in [0, 0.05) is 44.3 Å². The Bertz CT molecular complexity index is 2080. The van der Waals surface area contributed by atoms with Crippen molar-refractivity contribution >= 4 is 63.5 Å². The average molecular weight is 706 g/mol. The van der Waals surface area contributed by atoms with Gasteiger partial charge in [0.1, 0.15) is 18.4 Å². The zero-order valence-corrected chi connectivity index (χ0v) is 28.9. The molecule has 0 spiro atoms. The van der Waals surface area contributed by atoms with Gasteiger partial charge in [0.2, 0.25) is 10.0 Å². The van der Waals surface area contributed by atoms with E-state index in [-0.39, 0.29) is 35.2 Å². The van der Waals surface area contributed by atoms with Gasteiger partial charge in [0.25, 0.3) is 0 Å².